The summed E-state index contributed by atoms with van der Waals surface area (Å²) in [7, 11) is 0. The zero-order valence-electron chi connectivity index (χ0n) is 19.9. The summed E-state index contributed by atoms with van der Waals surface area (Å²) in [6, 6.07) is 11.9. The number of carbonyl (C=O) groups is 1. The summed E-state index contributed by atoms with van der Waals surface area (Å²) in [6.45, 7) is 3.49. The maximum Gasteiger partial charge on any atom is 0.451 e. The highest BCUT2D eigenvalue weighted by molar-refractivity contribution is 7.98. The number of halogens is 4. The van der Waals surface area contributed by atoms with E-state index in [0.717, 1.165) is 34.1 Å². The molecule has 2 N–H and O–H groups in total. The van der Waals surface area contributed by atoms with Crippen LogP contribution in [0.2, 0.25) is 0 Å². The number of alkyl halides is 3. The molecule has 0 saturated heterocycles. The van der Waals surface area contributed by atoms with Crippen LogP contribution in [0.25, 0.3) is 28.2 Å². The van der Waals surface area contributed by atoms with Gasteiger partial charge >= 0.3 is 12.1 Å². The van der Waals surface area contributed by atoms with Crippen molar-refractivity contribution in [3.8, 4) is 28.2 Å². The Bertz CT molecular complexity index is 1470. The van der Waals surface area contributed by atoms with Gasteiger partial charge in [-0.15, -0.1) is 11.8 Å². The minimum Gasteiger partial charge on any atom is -0.462 e. The Labute approximate surface area is 213 Å². The van der Waals surface area contributed by atoms with E-state index >= 15 is 0 Å². The van der Waals surface area contributed by atoms with Gasteiger partial charge in [0.05, 0.1) is 17.9 Å². The van der Waals surface area contributed by atoms with Crippen molar-refractivity contribution in [2.24, 2.45) is 0 Å². The van der Waals surface area contributed by atoms with Gasteiger partial charge in [-0.05, 0) is 49.9 Å². The number of thioether (sulfide) groups is 1. The van der Waals surface area contributed by atoms with Gasteiger partial charge in [-0.25, -0.2) is 19.2 Å². The number of benzene rings is 2. The van der Waals surface area contributed by atoms with E-state index < -0.39 is 23.8 Å². The van der Waals surface area contributed by atoms with Crippen LogP contribution in [0.3, 0.4) is 0 Å². The molecule has 2 heterocycles. The Kier molecular flexibility index (Phi) is 7.21. The molecule has 0 atom stereocenters. The van der Waals surface area contributed by atoms with Gasteiger partial charge in [-0.3, -0.25) is 0 Å². The van der Waals surface area contributed by atoms with Crippen molar-refractivity contribution < 1.29 is 27.1 Å². The van der Waals surface area contributed by atoms with Crippen LogP contribution < -0.4 is 5.73 Å². The first-order valence-electron chi connectivity index (χ1n) is 11.0. The van der Waals surface area contributed by atoms with Crippen LogP contribution in [0.15, 0.2) is 53.6 Å². The average molecular weight is 532 g/mol. The third kappa shape index (κ3) is 5.15. The highest BCUT2D eigenvalue weighted by atomic mass is 32.2. The van der Waals surface area contributed by atoms with Gasteiger partial charge in [0, 0.05) is 5.56 Å². The molecule has 0 saturated carbocycles. The quantitative estimate of drug-likeness (QED) is 0.187. The Morgan fingerprint density at radius 3 is 2.41 bits per heavy atom. The fraction of sp³-hybridized carbons (Fsp3) is 0.200. The third-order valence-electron chi connectivity index (χ3n) is 5.33. The van der Waals surface area contributed by atoms with Crippen LogP contribution in [0, 0.1) is 12.7 Å². The van der Waals surface area contributed by atoms with Crippen molar-refractivity contribution in [2.75, 3.05) is 18.6 Å². The second-order valence-corrected chi connectivity index (χ2v) is 8.67. The van der Waals surface area contributed by atoms with Crippen molar-refractivity contribution in [3.05, 3.63) is 71.3 Å². The largest absolute Gasteiger partial charge is 0.462 e. The number of nitrogen functional groups attached to an aromatic ring is 1. The lowest BCUT2D eigenvalue weighted by atomic mass is 9.98. The van der Waals surface area contributed by atoms with Gasteiger partial charge in [0.1, 0.15) is 22.2 Å². The van der Waals surface area contributed by atoms with E-state index in [1.807, 2.05) is 13.0 Å². The lowest BCUT2D eigenvalue weighted by molar-refractivity contribution is -0.144. The molecule has 2 aromatic heterocycles. The minimum absolute atomic E-state index is 0.0618. The van der Waals surface area contributed by atoms with E-state index in [-0.39, 0.29) is 45.7 Å². The third-order valence-corrected chi connectivity index (χ3v) is 6.00. The van der Waals surface area contributed by atoms with Gasteiger partial charge in [-0.1, -0.05) is 29.8 Å². The summed E-state index contributed by atoms with van der Waals surface area (Å²) in [6.07, 6.45) is -3.29. The summed E-state index contributed by atoms with van der Waals surface area (Å²) in [5.41, 5.74) is 7.76. The van der Waals surface area contributed by atoms with Gasteiger partial charge in [0.15, 0.2) is 5.82 Å². The van der Waals surface area contributed by atoms with Crippen molar-refractivity contribution in [1.82, 2.24) is 19.7 Å². The number of ether oxygens (including phenoxy) is 1. The van der Waals surface area contributed by atoms with Crippen LogP contribution in [0.5, 0.6) is 0 Å². The number of nitrogens with two attached hydrogens (primary N) is 1. The Balaban J connectivity index is 2.14. The number of aromatic nitrogens is 4. The van der Waals surface area contributed by atoms with Gasteiger partial charge in [-0.2, -0.15) is 23.0 Å². The molecule has 2 aromatic carbocycles. The van der Waals surface area contributed by atoms with Crippen molar-refractivity contribution in [1.29, 1.82) is 0 Å². The van der Waals surface area contributed by atoms with Crippen LogP contribution in [0.1, 0.15) is 28.7 Å². The van der Waals surface area contributed by atoms with Crippen molar-refractivity contribution >= 4 is 23.5 Å². The van der Waals surface area contributed by atoms with Gasteiger partial charge < -0.3 is 10.5 Å². The van der Waals surface area contributed by atoms with Crippen LogP contribution in [-0.4, -0.2) is 38.6 Å². The first kappa shape index (κ1) is 26.1. The summed E-state index contributed by atoms with van der Waals surface area (Å²) in [5.74, 6) is -3.32. The van der Waals surface area contributed by atoms with Crippen LogP contribution in [-0.2, 0) is 10.9 Å². The fourth-order valence-corrected chi connectivity index (χ4v) is 4.28. The molecular formula is C25H21F4N5O2S. The minimum atomic E-state index is -4.93. The molecule has 0 amide bonds. The topological polar surface area (TPSA) is 95.9 Å². The second kappa shape index (κ2) is 10.2. The number of esters is 1. The maximum atomic E-state index is 14.0. The molecule has 4 rings (SSSR count). The summed E-state index contributed by atoms with van der Waals surface area (Å²) < 4.78 is 61.7. The predicted molar refractivity (Wildman–Crippen MR) is 132 cm³/mol. The van der Waals surface area contributed by atoms with Crippen molar-refractivity contribution in [2.45, 2.75) is 25.0 Å². The number of rotatable bonds is 6. The number of hydrogen-bond donors (Lipinski definition) is 1. The predicted octanol–water partition coefficient (Wildman–Crippen LogP) is 5.94. The van der Waals surface area contributed by atoms with E-state index in [4.69, 9.17) is 10.5 Å². The number of hydrogen-bond acceptors (Lipinski definition) is 7. The molecule has 0 bridgehead atoms. The highest BCUT2D eigenvalue weighted by Gasteiger charge is 2.38. The lowest BCUT2D eigenvalue weighted by Gasteiger charge is -2.18. The highest BCUT2D eigenvalue weighted by Crippen LogP contribution is 2.40. The molecule has 0 aliphatic heterocycles. The molecule has 0 fully saturated rings. The maximum absolute atomic E-state index is 14.0. The number of aryl methyl sites for hydroxylation is 1. The Hall–Kier alpha value is -3.93. The van der Waals surface area contributed by atoms with E-state index in [9.17, 15) is 22.4 Å². The Morgan fingerprint density at radius 2 is 1.81 bits per heavy atom. The molecule has 0 spiro atoms. The van der Waals surface area contributed by atoms with E-state index in [0.29, 0.717) is 5.56 Å². The molecule has 0 aliphatic rings. The van der Waals surface area contributed by atoms with Crippen LogP contribution >= 0.6 is 11.8 Å². The number of anilines is 1. The molecule has 0 radical (unpaired) electrons. The SMILES string of the molecule is CCOC(=O)c1c(SC)nn(-c2nc(C(F)(F)F)nc(-c3ccc(F)cc3)c2-c2cccc(C)c2)c1N. The van der Waals surface area contributed by atoms with Gasteiger partial charge in [0.2, 0.25) is 5.82 Å². The van der Waals surface area contributed by atoms with Gasteiger partial charge in [0.25, 0.3) is 0 Å². The zero-order chi connectivity index (χ0) is 26.9. The molecule has 0 aliphatic carbocycles. The molecule has 12 heteroatoms. The summed E-state index contributed by atoms with van der Waals surface area (Å²) in [4.78, 5) is 20.3. The van der Waals surface area contributed by atoms with Crippen molar-refractivity contribution in [3.63, 3.8) is 0 Å². The Morgan fingerprint density at radius 1 is 1.11 bits per heavy atom. The van der Waals surface area contributed by atoms with E-state index in [1.165, 1.54) is 12.1 Å². The van der Waals surface area contributed by atoms with E-state index in [2.05, 4.69) is 15.1 Å². The fourth-order valence-electron chi connectivity index (χ4n) is 3.72. The molecule has 0 unspecified atom stereocenters. The molecule has 4 aromatic rings. The lowest BCUT2D eigenvalue weighted by Crippen LogP contribution is -2.17. The number of nitrogens with zero attached hydrogens (tertiary/aromatic N) is 4. The van der Waals surface area contributed by atoms with Crippen LogP contribution in [0.4, 0.5) is 23.4 Å². The monoisotopic (exact) mass is 531 g/mol. The standard InChI is InChI=1S/C25H21F4N5O2S/c1-4-36-23(35)18-20(30)34(33-22(18)37-3)21-17(15-7-5-6-13(2)12-15)19(14-8-10-16(26)11-9-14)31-24(32-21)25(27,28)29/h5-12H,4,30H2,1-3H3. The normalized spacial score (nSPS) is 11.5. The smallest absolute Gasteiger partial charge is 0.451 e. The molecule has 7 nitrogen and oxygen atoms in total. The molecule has 192 valence electrons. The zero-order valence-corrected chi connectivity index (χ0v) is 20.7. The molecular weight excluding hydrogens is 510 g/mol. The first-order valence-corrected chi connectivity index (χ1v) is 12.2. The van der Waals surface area contributed by atoms with E-state index in [1.54, 1.807) is 31.4 Å². The summed E-state index contributed by atoms with van der Waals surface area (Å²) in [5, 5.41) is 4.47. The first-order chi connectivity index (χ1) is 17.5. The summed E-state index contributed by atoms with van der Waals surface area (Å²) >= 11 is 1.08. The second-order valence-electron chi connectivity index (χ2n) is 7.87. The molecule has 37 heavy (non-hydrogen) atoms. The number of carbonyl (C=O) groups excluding carboxylic acids is 1. The average Bonchev–Trinajstić information content (AvgIpc) is 3.19.